The van der Waals surface area contributed by atoms with Crippen LogP contribution in [-0.2, 0) is 9.59 Å². The van der Waals surface area contributed by atoms with Crippen LogP contribution < -0.4 is 5.84 Å². The molecule has 0 aromatic rings. The SMILES string of the molecule is CCCCC(=O)N(N)C=O. The van der Waals surface area contributed by atoms with Gasteiger partial charge in [-0.05, 0) is 6.42 Å². The van der Waals surface area contributed by atoms with Gasteiger partial charge in [-0.2, -0.15) is 0 Å². The smallest absolute Gasteiger partial charge is 0.243 e. The van der Waals surface area contributed by atoms with Gasteiger partial charge in [0.1, 0.15) is 0 Å². The van der Waals surface area contributed by atoms with Crippen LogP contribution in [0.25, 0.3) is 0 Å². The molecular formula is C6H12N2O2. The van der Waals surface area contributed by atoms with E-state index in [-0.39, 0.29) is 5.91 Å². The van der Waals surface area contributed by atoms with Crippen LogP contribution >= 0.6 is 0 Å². The highest BCUT2D eigenvalue weighted by Crippen LogP contribution is 1.94. The number of rotatable bonds is 4. The van der Waals surface area contributed by atoms with Crippen molar-refractivity contribution in [2.45, 2.75) is 26.2 Å². The summed E-state index contributed by atoms with van der Waals surface area (Å²) in [6.45, 7) is 1.97. The van der Waals surface area contributed by atoms with Gasteiger partial charge in [-0.25, -0.2) is 10.9 Å². The van der Waals surface area contributed by atoms with Crippen molar-refractivity contribution in [3.8, 4) is 0 Å². The van der Waals surface area contributed by atoms with Gasteiger partial charge in [-0.1, -0.05) is 13.3 Å². The molecule has 4 nitrogen and oxygen atoms in total. The molecule has 0 radical (unpaired) electrons. The van der Waals surface area contributed by atoms with Gasteiger partial charge in [-0.15, -0.1) is 0 Å². The Hall–Kier alpha value is -0.900. The minimum Gasteiger partial charge on any atom is -0.277 e. The monoisotopic (exact) mass is 144 g/mol. The molecule has 0 aliphatic carbocycles. The van der Waals surface area contributed by atoms with Gasteiger partial charge in [0.2, 0.25) is 12.3 Å². The zero-order valence-electron chi connectivity index (χ0n) is 6.04. The fraction of sp³-hybridized carbons (Fsp3) is 0.667. The van der Waals surface area contributed by atoms with Crippen molar-refractivity contribution in [2.24, 2.45) is 5.84 Å². The standard InChI is InChI=1S/C6H12N2O2/c1-2-3-4-6(10)8(7)5-9/h5H,2-4,7H2,1H3. The number of unbranched alkanes of at least 4 members (excludes halogenated alkanes) is 1. The van der Waals surface area contributed by atoms with Crippen LogP contribution in [0.5, 0.6) is 0 Å². The van der Waals surface area contributed by atoms with Gasteiger partial charge >= 0.3 is 0 Å². The van der Waals surface area contributed by atoms with Crippen molar-refractivity contribution in [1.29, 1.82) is 0 Å². The second-order valence-electron chi connectivity index (χ2n) is 2.01. The molecule has 0 heterocycles. The zero-order chi connectivity index (χ0) is 7.98. The number of imide groups is 1. The highest BCUT2D eigenvalue weighted by Gasteiger charge is 2.05. The third-order valence-electron chi connectivity index (χ3n) is 1.15. The highest BCUT2D eigenvalue weighted by molar-refractivity contribution is 5.85. The molecule has 0 saturated heterocycles. The molecule has 10 heavy (non-hydrogen) atoms. The number of nitrogens with zero attached hydrogens (tertiary/aromatic N) is 1. The maximum absolute atomic E-state index is 10.7. The predicted molar refractivity (Wildman–Crippen MR) is 36.6 cm³/mol. The highest BCUT2D eigenvalue weighted by atomic mass is 16.2. The Bertz CT molecular complexity index is 125. The van der Waals surface area contributed by atoms with E-state index in [4.69, 9.17) is 5.84 Å². The van der Waals surface area contributed by atoms with Gasteiger partial charge in [0.25, 0.3) is 0 Å². The van der Waals surface area contributed by atoms with E-state index in [0.717, 1.165) is 12.8 Å². The molecule has 58 valence electrons. The van der Waals surface area contributed by atoms with Crippen LogP contribution in [0.15, 0.2) is 0 Å². The maximum Gasteiger partial charge on any atom is 0.243 e. The molecule has 0 spiro atoms. The summed E-state index contributed by atoms with van der Waals surface area (Å²) in [4.78, 5) is 20.6. The Balaban J connectivity index is 3.51. The molecule has 0 aliphatic rings. The maximum atomic E-state index is 10.7. The molecule has 4 heteroatoms. The summed E-state index contributed by atoms with van der Waals surface area (Å²) < 4.78 is 0. The Kier molecular flexibility index (Phi) is 4.49. The number of hydrogen-bond donors (Lipinski definition) is 1. The second kappa shape index (κ2) is 4.93. The summed E-state index contributed by atoms with van der Waals surface area (Å²) in [6, 6.07) is 0. The third-order valence-corrected chi connectivity index (χ3v) is 1.15. The van der Waals surface area contributed by atoms with E-state index in [0.29, 0.717) is 17.8 Å². The Morgan fingerprint density at radius 3 is 2.70 bits per heavy atom. The lowest BCUT2D eigenvalue weighted by Gasteiger charge is -2.05. The fourth-order valence-electron chi connectivity index (χ4n) is 0.516. The van der Waals surface area contributed by atoms with E-state index in [9.17, 15) is 9.59 Å². The molecule has 0 aromatic heterocycles. The van der Waals surface area contributed by atoms with E-state index in [1.54, 1.807) is 0 Å². The first-order chi connectivity index (χ1) is 4.72. The summed E-state index contributed by atoms with van der Waals surface area (Å²) in [5.41, 5.74) is 0. The van der Waals surface area contributed by atoms with Crippen molar-refractivity contribution >= 4 is 12.3 Å². The van der Waals surface area contributed by atoms with Crippen LogP contribution in [-0.4, -0.2) is 17.3 Å². The van der Waals surface area contributed by atoms with E-state index >= 15 is 0 Å². The lowest BCUT2D eigenvalue weighted by molar-refractivity contribution is -0.138. The van der Waals surface area contributed by atoms with Crippen molar-refractivity contribution in [1.82, 2.24) is 5.01 Å². The summed E-state index contributed by atoms with van der Waals surface area (Å²) in [7, 11) is 0. The van der Waals surface area contributed by atoms with Crippen molar-refractivity contribution in [3.05, 3.63) is 0 Å². The molecule has 0 fully saturated rings. The largest absolute Gasteiger partial charge is 0.277 e. The second-order valence-corrected chi connectivity index (χ2v) is 2.01. The number of nitrogens with two attached hydrogens (primary N) is 1. The minimum atomic E-state index is -0.322. The molecule has 0 aliphatic heterocycles. The molecule has 0 rings (SSSR count). The zero-order valence-corrected chi connectivity index (χ0v) is 6.04. The molecular weight excluding hydrogens is 132 g/mol. The van der Waals surface area contributed by atoms with Gasteiger partial charge in [0, 0.05) is 6.42 Å². The van der Waals surface area contributed by atoms with Crippen molar-refractivity contribution in [3.63, 3.8) is 0 Å². The predicted octanol–water partition coefficient (Wildman–Crippen LogP) is 0.0353. The molecule has 2 amide bonds. The molecule has 0 bridgehead atoms. The van der Waals surface area contributed by atoms with Crippen molar-refractivity contribution < 1.29 is 9.59 Å². The van der Waals surface area contributed by atoms with Crippen LogP contribution in [0.1, 0.15) is 26.2 Å². The third kappa shape index (κ3) is 3.19. The Morgan fingerprint density at radius 2 is 2.30 bits per heavy atom. The van der Waals surface area contributed by atoms with E-state index in [1.807, 2.05) is 6.92 Å². The van der Waals surface area contributed by atoms with E-state index in [2.05, 4.69) is 0 Å². The lowest BCUT2D eigenvalue weighted by atomic mass is 10.2. The average Bonchev–Trinajstić information content (AvgIpc) is 1.98. The van der Waals surface area contributed by atoms with Crippen LogP contribution in [0, 0.1) is 0 Å². The number of hydrazine groups is 1. The van der Waals surface area contributed by atoms with Gasteiger partial charge < -0.3 is 0 Å². The summed E-state index contributed by atoms with van der Waals surface area (Å²) in [6.07, 6.45) is 2.38. The van der Waals surface area contributed by atoms with E-state index < -0.39 is 0 Å². The molecule has 2 N–H and O–H groups in total. The van der Waals surface area contributed by atoms with Crippen molar-refractivity contribution in [2.75, 3.05) is 0 Å². The average molecular weight is 144 g/mol. The van der Waals surface area contributed by atoms with E-state index in [1.165, 1.54) is 0 Å². The Labute approximate surface area is 60.0 Å². The summed E-state index contributed by atoms with van der Waals surface area (Å²) >= 11 is 0. The normalized spacial score (nSPS) is 9.00. The molecule has 0 unspecified atom stereocenters. The topological polar surface area (TPSA) is 63.4 Å². The lowest BCUT2D eigenvalue weighted by Crippen LogP contribution is -2.35. The first-order valence-corrected chi connectivity index (χ1v) is 3.24. The number of hydrogen-bond acceptors (Lipinski definition) is 3. The quantitative estimate of drug-likeness (QED) is 0.262. The van der Waals surface area contributed by atoms with Gasteiger partial charge in [-0.3, -0.25) is 9.59 Å². The van der Waals surface area contributed by atoms with Gasteiger partial charge in [0.05, 0.1) is 0 Å². The van der Waals surface area contributed by atoms with Crippen LogP contribution in [0.4, 0.5) is 0 Å². The minimum absolute atomic E-state index is 0.317. The fourth-order valence-corrected chi connectivity index (χ4v) is 0.516. The first-order valence-electron chi connectivity index (χ1n) is 3.24. The van der Waals surface area contributed by atoms with Crippen LogP contribution in [0.2, 0.25) is 0 Å². The first kappa shape index (κ1) is 9.10. The molecule has 0 saturated carbocycles. The number of amides is 2. The Morgan fingerprint density at radius 1 is 1.70 bits per heavy atom. The van der Waals surface area contributed by atoms with Gasteiger partial charge in [0.15, 0.2) is 0 Å². The summed E-state index contributed by atoms with van der Waals surface area (Å²) in [5, 5.41) is 0.579. The molecule has 0 aromatic carbocycles. The number of carbonyl (C=O) groups excluding carboxylic acids is 2. The van der Waals surface area contributed by atoms with Crippen LogP contribution in [0.3, 0.4) is 0 Å². The molecule has 0 atom stereocenters. The summed E-state index contributed by atoms with van der Waals surface area (Å²) in [5.74, 6) is 4.65. The number of carbonyl (C=O) groups is 2.